The highest BCUT2D eigenvalue weighted by atomic mass is 16.1. The number of nitrogens with zero attached hydrogens (tertiary/aromatic N) is 3. The maximum absolute atomic E-state index is 11.3. The number of nitrogens with one attached hydrogen (secondary N) is 2. The van der Waals surface area contributed by atoms with Crippen molar-refractivity contribution in [2.24, 2.45) is 5.11 Å². The molecule has 0 aliphatic rings. The second-order valence-electron chi connectivity index (χ2n) is 2.56. The van der Waals surface area contributed by atoms with E-state index in [1.54, 1.807) is 0 Å². The molecule has 2 N–H and O–H groups in total. The summed E-state index contributed by atoms with van der Waals surface area (Å²) >= 11 is 0. The largest absolute Gasteiger partial charge is 0.358 e. The molecule has 14 heavy (non-hydrogen) atoms. The fourth-order valence-corrected chi connectivity index (χ4v) is 0.902. The predicted molar refractivity (Wildman–Crippen MR) is 52.5 cm³/mol. The molecule has 1 aromatic rings. The number of azide groups is 1. The first kappa shape index (κ1) is 10.2. The van der Waals surface area contributed by atoms with Gasteiger partial charge in [0.1, 0.15) is 13.5 Å². The average Bonchev–Trinajstić information content (AvgIpc) is 2.59. The van der Waals surface area contributed by atoms with E-state index in [1.807, 2.05) is 0 Å². The van der Waals surface area contributed by atoms with Gasteiger partial charge in [-0.05, 0) is 17.8 Å². The Hall–Kier alpha value is -1.88. The highest BCUT2D eigenvalue weighted by Gasteiger charge is 2.04. The van der Waals surface area contributed by atoms with Crippen LogP contribution in [0.25, 0.3) is 10.4 Å². The normalized spacial score (nSPS) is 9.14. The van der Waals surface area contributed by atoms with E-state index >= 15 is 0 Å². The molecule has 0 spiro atoms. The van der Waals surface area contributed by atoms with E-state index in [2.05, 4.69) is 20.3 Å². The molecule has 1 heterocycles. The lowest BCUT2D eigenvalue weighted by Crippen LogP contribution is -2.26. The van der Waals surface area contributed by atoms with Gasteiger partial charge in [0, 0.05) is 18.0 Å². The quantitative estimate of drug-likeness (QED) is 0.222. The maximum atomic E-state index is 11.3. The van der Waals surface area contributed by atoms with Gasteiger partial charge >= 0.3 is 0 Å². The Morgan fingerprint density at radius 1 is 1.79 bits per heavy atom. The zero-order valence-corrected chi connectivity index (χ0v) is 7.40. The lowest BCUT2D eigenvalue weighted by Gasteiger charge is -1.99. The van der Waals surface area contributed by atoms with Gasteiger partial charge in [0.2, 0.25) is 0 Å². The zero-order valence-electron chi connectivity index (χ0n) is 7.40. The first-order valence-corrected chi connectivity index (χ1v) is 3.97. The molecule has 0 bridgehead atoms. The van der Waals surface area contributed by atoms with E-state index in [-0.39, 0.29) is 12.5 Å². The summed E-state index contributed by atoms with van der Waals surface area (Å²) in [7, 11) is 5.41. The molecular weight excluding hydrogens is 181 g/mol. The number of aromatic nitrogens is 1. The molecule has 1 aromatic heterocycles. The van der Waals surface area contributed by atoms with Gasteiger partial charge in [-0.2, -0.15) is 0 Å². The van der Waals surface area contributed by atoms with Gasteiger partial charge in [-0.1, -0.05) is 10.6 Å². The number of amides is 1. The molecule has 1 rings (SSSR count). The van der Waals surface area contributed by atoms with Crippen molar-refractivity contribution < 1.29 is 4.79 Å². The van der Waals surface area contributed by atoms with Gasteiger partial charge in [0.05, 0.1) is 0 Å². The predicted octanol–water partition coefficient (Wildman–Crippen LogP) is -0.151. The molecule has 2 radical (unpaired) electrons. The standard InChI is InChI=1S/C7H8BN5O/c8-5-3-6(11-4-5)7(14)10-1-2-12-13-9/h3-4,11H,1-2H2,(H,10,14). The summed E-state index contributed by atoms with van der Waals surface area (Å²) in [5, 5.41) is 5.83. The van der Waals surface area contributed by atoms with Crippen LogP contribution < -0.4 is 10.8 Å². The van der Waals surface area contributed by atoms with Crippen LogP contribution in [0.15, 0.2) is 17.4 Å². The Labute approximate surface area is 81.7 Å². The summed E-state index contributed by atoms with van der Waals surface area (Å²) in [4.78, 5) is 16.5. The molecule has 0 atom stereocenters. The van der Waals surface area contributed by atoms with Crippen LogP contribution in [0.1, 0.15) is 10.5 Å². The third-order valence-electron chi connectivity index (χ3n) is 1.51. The van der Waals surface area contributed by atoms with Crippen LogP contribution in [0.4, 0.5) is 0 Å². The van der Waals surface area contributed by atoms with Crippen LogP contribution in [0.3, 0.4) is 0 Å². The van der Waals surface area contributed by atoms with Gasteiger partial charge in [0.25, 0.3) is 5.91 Å². The number of carbonyl (C=O) groups excluding carboxylic acids is 1. The lowest BCUT2D eigenvalue weighted by molar-refractivity contribution is 0.0950. The third-order valence-corrected chi connectivity index (χ3v) is 1.51. The first-order chi connectivity index (χ1) is 6.74. The topological polar surface area (TPSA) is 93.6 Å². The van der Waals surface area contributed by atoms with E-state index < -0.39 is 0 Å². The molecule has 0 saturated carbocycles. The Kier molecular flexibility index (Phi) is 3.63. The van der Waals surface area contributed by atoms with E-state index in [4.69, 9.17) is 13.4 Å². The van der Waals surface area contributed by atoms with Crippen molar-refractivity contribution in [1.29, 1.82) is 0 Å². The van der Waals surface area contributed by atoms with Crippen LogP contribution >= 0.6 is 0 Å². The SMILES string of the molecule is [B]c1c[nH]c(C(=O)NCCN=[N+]=[N-])c1. The fraction of sp³-hybridized carbons (Fsp3) is 0.286. The molecule has 70 valence electrons. The van der Waals surface area contributed by atoms with Crippen LogP contribution in [-0.4, -0.2) is 31.8 Å². The van der Waals surface area contributed by atoms with Crippen LogP contribution in [0.5, 0.6) is 0 Å². The molecular formula is C7H8BN5O. The third kappa shape index (κ3) is 2.87. The van der Waals surface area contributed by atoms with Gasteiger partial charge in [-0.3, -0.25) is 4.79 Å². The summed E-state index contributed by atoms with van der Waals surface area (Å²) in [5.74, 6) is -0.269. The molecule has 6 nitrogen and oxygen atoms in total. The minimum absolute atomic E-state index is 0.235. The second kappa shape index (κ2) is 4.99. The summed E-state index contributed by atoms with van der Waals surface area (Å²) in [6.07, 6.45) is 1.53. The summed E-state index contributed by atoms with van der Waals surface area (Å²) in [5.41, 5.74) is 8.87. The van der Waals surface area contributed by atoms with Gasteiger partial charge in [-0.25, -0.2) is 0 Å². The van der Waals surface area contributed by atoms with Crippen molar-refractivity contribution in [3.63, 3.8) is 0 Å². The number of hydrogen-bond donors (Lipinski definition) is 2. The Morgan fingerprint density at radius 3 is 3.14 bits per heavy atom. The summed E-state index contributed by atoms with van der Waals surface area (Å²) in [6, 6.07) is 1.53. The minimum atomic E-state index is -0.269. The molecule has 0 unspecified atom stereocenters. The summed E-state index contributed by atoms with van der Waals surface area (Å²) < 4.78 is 0. The number of H-pyrrole nitrogens is 1. The summed E-state index contributed by atoms with van der Waals surface area (Å²) in [6.45, 7) is 0.542. The van der Waals surface area contributed by atoms with Crippen molar-refractivity contribution in [2.45, 2.75) is 0 Å². The minimum Gasteiger partial charge on any atom is -0.358 e. The van der Waals surface area contributed by atoms with E-state index in [0.717, 1.165) is 0 Å². The van der Waals surface area contributed by atoms with Crippen molar-refractivity contribution in [3.8, 4) is 0 Å². The highest BCUT2D eigenvalue weighted by molar-refractivity contribution is 6.32. The Morgan fingerprint density at radius 2 is 2.57 bits per heavy atom. The van der Waals surface area contributed by atoms with E-state index in [9.17, 15) is 4.79 Å². The number of carbonyl (C=O) groups is 1. The second-order valence-corrected chi connectivity index (χ2v) is 2.56. The van der Waals surface area contributed by atoms with E-state index in [0.29, 0.717) is 17.7 Å². The molecule has 0 aliphatic carbocycles. The fourth-order valence-electron chi connectivity index (χ4n) is 0.902. The molecule has 0 aliphatic heterocycles. The van der Waals surface area contributed by atoms with Crippen molar-refractivity contribution in [2.75, 3.05) is 13.1 Å². The lowest BCUT2D eigenvalue weighted by atomic mass is 10.0. The van der Waals surface area contributed by atoms with Crippen molar-refractivity contribution in [1.82, 2.24) is 10.3 Å². The molecule has 0 saturated heterocycles. The van der Waals surface area contributed by atoms with E-state index in [1.165, 1.54) is 12.3 Å². The van der Waals surface area contributed by atoms with Crippen LogP contribution in [-0.2, 0) is 0 Å². The monoisotopic (exact) mass is 189 g/mol. The number of aromatic amines is 1. The molecule has 0 aromatic carbocycles. The zero-order chi connectivity index (χ0) is 10.4. The van der Waals surface area contributed by atoms with Gasteiger partial charge in [-0.15, -0.1) is 0 Å². The Bertz CT molecular complexity index is 368. The van der Waals surface area contributed by atoms with Crippen molar-refractivity contribution in [3.05, 3.63) is 28.4 Å². The number of hydrogen-bond acceptors (Lipinski definition) is 2. The van der Waals surface area contributed by atoms with Gasteiger partial charge < -0.3 is 10.3 Å². The highest BCUT2D eigenvalue weighted by Crippen LogP contribution is 1.90. The van der Waals surface area contributed by atoms with Crippen molar-refractivity contribution >= 4 is 19.2 Å². The number of rotatable bonds is 4. The molecule has 0 fully saturated rings. The molecule has 1 amide bonds. The first-order valence-electron chi connectivity index (χ1n) is 3.97. The Balaban J connectivity index is 2.39. The average molecular weight is 189 g/mol. The molecule has 7 heteroatoms. The van der Waals surface area contributed by atoms with Gasteiger partial charge in [0.15, 0.2) is 0 Å². The van der Waals surface area contributed by atoms with Crippen LogP contribution in [0.2, 0.25) is 0 Å². The smallest absolute Gasteiger partial charge is 0.267 e. The van der Waals surface area contributed by atoms with Crippen LogP contribution in [0, 0.1) is 0 Å². The maximum Gasteiger partial charge on any atom is 0.267 e.